The van der Waals surface area contributed by atoms with Crippen LogP contribution in [0.3, 0.4) is 0 Å². The molecule has 5 N–H and O–H groups in total. The quantitative estimate of drug-likeness (QED) is 0.317. The number of carboxylic acids is 1. The first-order valence-electron chi connectivity index (χ1n) is 9.03. The van der Waals surface area contributed by atoms with Gasteiger partial charge in [0.2, 0.25) is 0 Å². The van der Waals surface area contributed by atoms with Crippen molar-refractivity contribution >= 4 is 40.7 Å². The molecule has 1 aliphatic rings. The van der Waals surface area contributed by atoms with Crippen molar-refractivity contribution in [2.24, 2.45) is 0 Å². The van der Waals surface area contributed by atoms with Crippen LogP contribution in [0.15, 0.2) is 28.7 Å². The number of aliphatic hydroxyl groups excluding tert-OH is 3. The summed E-state index contributed by atoms with van der Waals surface area (Å²) in [7, 11) is 0. The normalized spacial score (nSPS) is 25.7. The molecule has 3 aromatic rings. The molecule has 12 nitrogen and oxygen atoms in total. The summed E-state index contributed by atoms with van der Waals surface area (Å²) in [6.45, 7) is -0.567. The van der Waals surface area contributed by atoms with Crippen LogP contribution in [0.1, 0.15) is 16.5 Å². The van der Waals surface area contributed by atoms with Gasteiger partial charge < -0.3 is 30.3 Å². The lowest BCUT2D eigenvalue weighted by Gasteiger charge is -2.41. The molecule has 3 aromatic heterocycles. The van der Waals surface area contributed by atoms with Crippen LogP contribution in [0.25, 0.3) is 11.4 Å². The predicted octanol–water partition coefficient (Wildman–Crippen LogP) is 0.626. The summed E-state index contributed by atoms with van der Waals surface area (Å²) in [5.74, 6) is -1.29. The highest BCUT2D eigenvalue weighted by molar-refractivity contribution is 8.00. The van der Waals surface area contributed by atoms with Crippen LogP contribution in [0.2, 0.25) is 5.02 Å². The van der Waals surface area contributed by atoms with Crippen LogP contribution in [0, 0.1) is 0 Å². The lowest BCUT2D eigenvalue weighted by Crippen LogP contribution is -2.55. The molecule has 3 unspecified atom stereocenters. The number of thioether (sulfide) groups is 1. The summed E-state index contributed by atoms with van der Waals surface area (Å²) in [5.41, 5.74) is -0.736. The number of carboxylic acid groups (broad SMARTS) is 1. The number of ether oxygens (including phenoxy) is 1. The van der Waals surface area contributed by atoms with Gasteiger partial charge in [0.05, 0.1) is 17.8 Å². The second kappa shape index (κ2) is 9.27. The van der Waals surface area contributed by atoms with Crippen LogP contribution < -0.4 is 0 Å². The summed E-state index contributed by atoms with van der Waals surface area (Å²) in [5, 5.41) is 59.7. The fourth-order valence-electron chi connectivity index (χ4n) is 3.20. The minimum Gasteiger partial charge on any atom is -0.486 e. The SMILES string of the molecule is O=C(O)c1ncc(Cl)cc1S[C@H]1OC(CO)[C@H](O)C(n2cc(-c3csc(O)n3)nn2)C1O. The molecule has 4 rings (SSSR count). The van der Waals surface area contributed by atoms with Gasteiger partial charge in [-0.3, -0.25) is 0 Å². The molecular weight excluding hydrogens is 486 g/mol. The largest absolute Gasteiger partial charge is 0.486 e. The Hall–Kier alpha value is -2.33. The molecule has 0 aromatic carbocycles. The van der Waals surface area contributed by atoms with Gasteiger partial charge in [-0.15, -0.1) is 5.10 Å². The van der Waals surface area contributed by atoms with Gasteiger partial charge in [0.1, 0.15) is 41.2 Å². The van der Waals surface area contributed by atoms with Crippen molar-refractivity contribution in [3.8, 4) is 16.6 Å². The molecule has 5 atom stereocenters. The monoisotopic (exact) mass is 501 g/mol. The topological polar surface area (TPSA) is 184 Å². The zero-order valence-electron chi connectivity index (χ0n) is 15.9. The van der Waals surface area contributed by atoms with Gasteiger partial charge >= 0.3 is 5.97 Å². The molecule has 0 amide bonds. The van der Waals surface area contributed by atoms with Gasteiger partial charge in [-0.05, 0) is 6.07 Å². The number of aromatic carboxylic acids is 1. The molecule has 32 heavy (non-hydrogen) atoms. The third kappa shape index (κ3) is 4.43. The highest BCUT2D eigenvalue weighted by atomic mass is 35.5. The van der Waals surface area contributed by atoms with Crippen molar-refractivity contribution in [3.05, 3.63) is 34.6 Å². The maximum atomic E-state index is 11.5. The van der Waals surface area contributed by atoms with E-state index in [2.05, 4.69) is 20.3 Å². The van der Waals surface area contributed by atoms with Crippen molar-refractivity contribution in [2.45, 2.75) is 34.7 Å². The molecule has 4 heterocycles. The third-order valence-electron chi connectivity index (χ3n) is 4.68. The molecule has 1 aliphatic heterocycles. The Morgan fingerprint density at radius 1 is 1.31 bits per heavy atom. The van der Waals surface area contributed by atoms with E-state index in [4.69, 9.17) is 16.3 Å². The molecule has 0 radical (unpaired) electrons. The van der Waals surface area contributed by atoms with Gasteiger partial charge in [-0.2, -0.15) is 0 Å². The van der Waals surface area contributed by atoms with Crippen molar-refractivity contribution in [1.29, 1.82) is 0 Å². The molecule has 0 aliphatic carbocycles. The van der Waals surface area contributed by atoms with E-state index in [9.17, 15) is 30.3 Å². The summed E-state index contributed by atoms with van der Waals surface area (Å²) in [6, 6.07) is 0.280. The summed E-state index contributed by atoms with van der Waals surface area (Å²) >= 11 is 7.79. The standard InChI is InChI=1S/C17H16ClN5O7S2/c18-6-1-10(11(15(27)28)19-2-6)32-16-14(26)12(13(25)9(4-24)30-16)23-3-7(21-22-23)8-5-31-17(29)20-8/h1-3,5,9,12-14,16,24-26H,4H2,(H,20,29)(H,27,28)/t9?,12?,13-,14?,16+/m0/s1. The first kappa shape index (κ1) is 22.8. The van der Waals surface area contributed by atoms with E-state index < -0.39 is 42.4 Å². The second-order valence-corrected chi connectivity index (χ2v) is 9.13. The average molecular weight is 502 g/mol. The lowest BCUT2D eigenvalue weighted by molar-refractivity contribution is -0.178. The smallest absolute Gasteiger partial charge is 0.355 e. The van der Waals surface area contributed by atoms with Crippen molar-refractivity contribution in [3.63, 3.8) is 0 Å². The fourth-order valence-corrected chi connectivity index (χ4v) is 5.16. The van der Waals surface area contributed by atoms with E-state index in [1.54, 1.807) is 5.38 Å². The van der Waals surface area contributed by atoms with E-state index >= 15 is 0 Å². The number of hydrogen-bond acceptors (Lipinski definition) is 12. The van der Waals surface area contributed by atoms with Gasteiger partial charge in [0.15, 0.2) is 5.69 Å². The van der Waals surface area contributed by atoms with Crippen LogP contribution in [-0.2, 0) is 4.74 Å². The Kier molecular flexibility index (Phi) is 6.62. The molecule has 1 fully saturated rings. The number of thiazole rings is 1. The number of aliphatic hydroxyl groups is 3. The van der Waals surface area contributed by atoms with E-state index in [0.717, 1.165) is 23.1 Å². The van der Waals surface area contributed by atoms with Crippen molar-refractivity contribution in [1.82, 2.24) is 25.0 Å². The van der Waals surface area contributed by atoms with Crippen LogP contribution in [0.4, 0.5) is 0 Å². The number of aromatic nitrogens is 5. The van der Waals surface area contributed by atoms with E-state index in [-0.39, 0.29) is 20.8 Å². The first-order valence-corrected chi connectivity index (χ1v) is 11.2. The van der Waals surface area contributed by atoms with E-state index in [1.165, 1.54) is 23.1 Å². The van der Waals surface area contributed by atoms with Crippen LogP contribution in [-0.4, -0.2) is 86.8 Å². The first-order chi connectivity index (χ1) is 15.3. The fraction of sp³-hybridized carbons (Fsp3) is 0.353. The Labute approximate surface area is 193 Å². The maximum absolute atomic E-state index is 11.5. The minimum atomic E-state index is -1.39. The maximum Gasteiger partial charge on any atom is 0.355 e. The number of rotatable bonds is 6. The molecule has 0 saturated carbocycles. The van der Waals surface area contributed by atoms with E-state index in [0.29, 0.717) is 11.4 Å². The second-order valence-electron chi connectivity index (χ2n) is 6.72. The number of halogens is 1. The van der Waals surface area contributed by atoms with E-state index in [1.807, 2.05) is 0 Å². The van der Waals surface area contributed by atoms with Crippen molar-refractivity contribution in [2.75, 3.05) is 6.61 Å². The number of nitrogens with zero attached hydrogens (tertiary/aromatic N) is 5. The minimum absolute atomic E-state index is 0.137. The van der Waals surface area contributed by atoms with Crippen LogP contribution in [0.5, 0.6) is 5.19 Å². The van der Waals surface area contributed by atoms with Gasteiger partial charge in [-0.1, -0.05) is 39.9 Å². The summed E-state index contributed by atoms with van der Waals surface area (Å²) in [4.78, 5) is 19.3. The molecule has 1 saturated heterocycles. The number of carbonyl (C=O) groups is 1. The molecule has 170 valence electrons. The number of pyridine rings is 1. The Morgan fingerprint density at radius 2 is 2.09 bits per heavy atom. The third-order valence-corrected chi connectivity index (χ3v) is 6.72. The highest BCUT2D eigenvalue weighted by Crippen LogP contribution is 2.39. The molecule has 0 spiro atoms. The van der Waals surface area contributed by atoms with Gasteiger partial charge in [0.25, 0.3) is 5.19 Å². The molecule has 0 bridgehead atoms. The zero-order valence-corrected chi connectivity index (χ0v) is 18.3. The molecule has 15 heteroatoms. The Bertz CT molecular complexity index is 1130. The van der Waals surface area contributed by atoms with Gasteiger partial charge in [0, 0.05) is 16.5 Å². The predicted molar refractivity (Wildman–Crippen MR) is 112 cm³/mol. The average Bonchev–Trinajstić information content (AvgIpc) is 3.39. The highest BCUT2D eigenvalue weighted by Gasteiger charge is 2.46. The zero-order chi connectivity index (χ0) is 23.0. The van der Waals surface area contributed by atoms with Gasteiger partial charge in [-0.25, -0.2) is 19.4 Å². The lowest BCUT2D eigenvalue weighted by atomic mass is 9.97. The number of aromatic hydroxyl groups is 1. The Balaban J connectivity index is 1.65. The summed E-state index contributed by atoms with van der Waals surface area (Å²) < 4.78 is 6.85. The molecular formula is C17H16ClN5O7S2. The van der Waals surface area contributed by atoms with Crippen molar-refractivity contribution < 1.29 is 35.1 Å². The van der Waals surface area contributed by atoms with Crippen LogP contribution >= 0.6 is 34.7 Å². The number of hydrogen-bond donors (Lipinski definition) is 5. The Morgan fingerprint density at radius 3 is 2.75 bits per heavy atom. The summed E-state index contributed by atoms with van der Waals surface area (Å²) in [6.07, 6.45) is -1.24.